The highest BCUT2D eigenvalue weighted by Crippen LogP contribution is 2.37. The van der Waals surface area contributed by atoms with Crippen molar-refractivity contribution < 1.29 is 58.8 Å². The van der Waals surface area contributed by atoms with E-state index in [9.17, 15) is 35.1 Å². The quantitative estimate of drug-likeness (QED) is 0.0316. The van der Waals surface area contributed by atoms with E-state index in [4.69, 9.17) is 29.4 Å². The second kappa shape index (κ2) is 17.2. The van der Waals surface area contributed by atoms with Crippen LogP contribution in [0.4, 0.5) is 0 Å². The van der Waals surface area contributed by atoms with E-state index in [1.54, 1.807) is 24.1 Å². The van der Waals surface area contributed by atoms with Crippen LogP contribution in [0.5, 0.6) is 0 Å². The first-order chi connectivity index (χ1) is 22.0. The number of carboxylic acid groups (broad SMARTS) is 1. The number of hydrogen-bond acceptors (Lipinski definition) is 14. The zero-order chi connectivity index (χ0) is 34.0. The zero-order valence-electron chi connectivity index (χ0n) is 25.8. The van der Waals surface area contributed by atoms with Gasteiger partial charge in [-0.25, -0.2) is 9.59 Å². The normalized spacial score (nSPS) is 30.4. The Bertz CT molecular complexity index is 1250. The van der Waals surface area contributed by atoms with E-state index in [1.807, 2.05) is 0 Å². The number of carbonyl (C=O) groups is 2. The van der Waals surface area contributed by atoms with Gasteiger partial charge in [-0.05, 0) is 12.6 Å². The Morgan fingerprint density at radius 1 is 1.26 bits per heavy atom. The fourth-order valence-electron chi connectivity index (χ4n) is 5.14. The summed E-state index contributed by atoms with van der Waals surface area (Å²) in [5.74, 6) is -3.63. The molecule has 0 bridgehead atoms. The van der Waals surface area contributed by atoms with E-state index in [-0.39, 0.29) is 49.2 Å². The maximum Gasteiger partial charge on any atom is 0.339 e. The van der Waals surface area contributed by atoms with Crippen LogP contribution in [-0.2, 0) is 33.3 Å². The summed E-state index contributed by atoms with van der Waals surface area (Å²) in [6, 6.07) is 0. The number of rotatable bonds is 14. The summed E-state index contributed by atoms with van der Waals surface area (Å²) in [6.07, 6.45) is -0.639. The van der Waals surface area contributed by atoms with Crippen molar-refractivity contribution in [2.75, 3.05) is 54.2 Å². The molecule has 0 aliphatic carbocycles. The van der Waals surface area contributed by atoms with E-state index in [2.05, 4.69) is 22.2 Å². The summed E-state index contributed by atoms with van der Waals surface area (Å²) in [5.41, 5.74) is 6.43. The average molecular weight is 654 g/mol. The first kappa shape index (κ1) is 36.7. The van der Waals surface area contributed by atoms with Gasteiger partial charge in [-0.1, -0.05) is 18.2 Å². The van der Waals surface area contributed by atoms with Crippen LogP contribution in [-0.4, -0.2) is 140 Å². The van der Waals surface area contributed by atoms with E-state index in [1.165, 1.54) is 26.4 Å². The fourth-order valence-corrected chi connectivity index (χ4v) is 5.14. The molecule has 8 unspecified atom stereocenters. The van der Waals surface area contributed by atoms with Gasteiger partial charge in [-0.15, -0.1) is 6.58 Å². The van der Waals surface area contributed by atoms with Gasteiger partial charge >= 0.3 is 11.9 Å². The largest absolute Gasteiger partial charge is 0.478 e. The lowest BCUT2D eigenvalue weighted by atomic mass is 9.83. The highest BCUT2D eigenvalue weighted by molar-refractivity contribution is 5.95. The van der Waals surface area contributed by atoms with E-state index in [0.29, 0.717) is 5.57 Å². The third-order valence-corrected chi connectivity index (χ3v) is 7.52. The summed E-state index contributed by atoms with van der Waals surface area (Å²) in [5, 5.41) is 55.9. The van der Waals surface area contributed by atoms with Crippen LogP contribution in [0, 0.1) is 11.8 Å². The minimum Gasteiger partial charge on any atom is -0.478 e. The molecule has 17 heteroatoms. The zero-order valence-corrected chi connectivity index (χ0v) is 25.8. The van der Waals surface area contributed by atoms with Gasteiger partial charge in [-0.2, -0.15) is 0 Å². The van der Waals surface area contributed by atoms with Gasteiger partial charge in [0.1, 0.15) is 24.4 Å². The van der Waals surface area contributed by atoms with Crippen molar-refractivity contribution in [3.05, 3.63) is 59.7 Å². The second-order valence-electron chi connectivity index (χ2n) is 10.4. The van der Waals surface area contributed by atoms with Gasteiger partial charge in [0.2, 0.25) is 6.29 Å². The molecule has 1 fully saturated rings. The Morgan fingerprint density at radius 2 is 2.00 bits per heavy atom. The number of aliphatic imine (C=N–C) groups is 1. The molecule has 0 aromatic carbocycles. The number of aliphatic hydroxyl groups excluding tert-OH is 4. The standard InChI is InChI=1S/C29H43N5O12/c1-5-16-17(7-6-15-10-34(8-9-35)11-18(25(39)40)21(15)33-29(30)32-3)19(26(41)42-4)13-43-27(16)46-28-24(44-14-31-2)23(38)22(37)20(12-36)45-28/h5-7,11,13,16-17,20,22-24,27-28,31,35-38H,1,8-10,12,14H2,2-4H3,(H,39,40)(H3,30,32,33). The summed E-state index contributed by atoms with van der Waals surface area (Å²) in [7, 11) is 4.24. The molecule has 9 N–H and O–H groups in total. The van der Waals surface area contributed by atoms with E-state index >= 15 is 0 Å². The van der Waals surface area contributed by atoms with Crippen molar-refractivity contribution in [3.63, 3.8) is 0 Å². The first-order valence-electron chi connectivity index (χ1n) is 14.4. The maximum absolute atomic E-state index is 12.8. The topological polar surface area (TPSA) is 247 Å². The van der Waals surface area contributed by atoms with E-state index < -0.39 is 67.4 Å². The molecule has 0 spiro atoms. The molecule has 3 heterocycles. The van der Waals surface area contributed by atoms with Gasteiger partial charge in [0.15, 0.2) is 12.2 Å². The van der Waals surface area contributed by atoms with Crippen molar-refractivity contribution >= 4 is 17.9 Å². The number of ether oxygens (including phenoxy) is 5. The highest BCUT2D eigenvalue weighted by Gasteiger charge is 2.48. The van der Waals surface area contributed by atoms with Crippen molar-refractivity contribution in [2.45, 2.75) is 37.0 Å². The van der Waals surface area contributed by atoms with Crippen LogP contribution in [0.25, 0.3) is 0 Å². The predicted molar refractivity (Wildman–Crippen MR) is 161 cm³/mol. The molecule has 0 radical (unpaired) electrons. The Morgan fingerprint density at radius 3 is 2.59 bits per heavy atom. The van der Waals surface area contributed by atoms with Crippen LogP contribution in [0.2, 0.25) is 0 Å². The summed E-state index contributed by atoms with van der Waals surface area (Å²) in [6.45, 7) is 3.30. The van der Waals surface area contributed by atoms with Gasteiger partial charge < -0.3 is 65.2 Å². The number of methoxy groups -OCH3 is 1. The van der Waals surface area contributed by atoms with Crippen molar-refractivity contribution in [2.24, 2.45) is 22.6 Å². The lowest BCUT2D eigenvalue weighted by molar-refractivity contribution is -0.345. The molecule has 3 rings (SSSR count). The summed E-state index contributed by atoms with van der Waals surface area (Å²) >= 11 is 0. The number of β-amino-alcohol motifs (C(OH)–C–C–N with tert-alkyl or cyclic N) is 1. The Hall–Kier alpha value is -3.81. The van der Waals surface area contributed by atoms with Crippen molar-refractivity contribution in [3.8, 4) is 0 Å². The number of carbonyl (C=O) groups excluding carboxylic acids is 1. The molecule has 46 heavy (non-hydrogen) atoms. The lowest BCUT2D eigenvalue weighted by Gasteiger charge is -2.44. The molecule has 3 aliphatic rings. The third-order valence-electron chi connectivity index (χ3n) is 7.52. The number of nitrogens with zero attached hydrogens (tertiary/aromatic N) is 2. The average Bonchev–Trinajstić information content (AvgIpc) is 3.05. The number of carboxylic acids is 1. The smallest absolute Gasteiger partial charge is 0.339 e. The molecule has 0 aromatic heterocycles. The number of hydrogen-bond donors (Lipinski definition) is 8. The minimum atomic E-state index is -1.49. The lowest BCUT2D eigenvalue weighted by Crippen LogP contribution is -2.61. The first-order valence-corrected chi connectivity index (χ1v) is 14.4. The van der Waals surface area contributed by atoms with Gasteiger partial charge in [0, 0.05) is 32.3 Å². The highest BCUT2D eigenvalue weighted by atomic mass is 16.8. The monoisotopic (exact) mass is 653 g/mol. The number of esters is 1. The molecular formula is C29H43N5O12. The molecule has 0 saturated carbocycles. The minimum absolute atomic E-state index is 0.0333. The van der Waals surface area contributed by atoms with Crippen molar-refractivity contribution in [1.82, 2.24) is 15.5 Å². The van der Waals surface area contributed by atoms with Crippen molar-refractivity contribution in [1.29, 1.82) is 0 Å². The molecule has 0 amide bonds. The fraction of sp³-hybridized carbons (Fsp3) is 0.552. The number of nitrogens with one attached hydrogen (secondary N) is 2. The van der Waals surface area contributed by atoms with Crippen LogP contribution >= 0.6 is 0 Å². The molecular weight excluding hydrogens is 610 g/mol. The van der Waals surface area contributed by atoms with Crippen LogP contribution in [0.15, 0.2) is 64.7 Å². The Kier molecular flexibility index (Phi) is 13.7. The number of aliphatic hydroxyl groups is 4. The van der Waals surface area contributed by atoms with E-state index in [0.717, 1.165) is 6.26 Å². The van der Waals surface area contributed by atoms with Gasteiger partial charge in [0.25, 0.3) is 0 Å². The Balaban J connectivity index is 2.04. The third kappa shape index (κ3) is 8.51. The van der Waals surface area contributed by atoms with Gasteiger partial charge in [-0.3, -0.25) is 10.3 Å². The SMILES string of the molecule is C=CC1C(OC2OC(CO)C(O)C(O)C2OCNC)OC=C(C(=O)OC)C1C=CC1=C(NC(N)=NC)C(C(=O)O)=CN(CCO)C1. The molecule has 8 atom stereocenters. The van der Waals surface area contributed by atoms with Crippen LogP contribution in [0.3, 0.4) is 0 Å². The molecule has 17 nitrogen and oxygen atoms in total. The van der Waals surface area contributed by atoms with Gasteiger partial charge in [0.05, 0.1) is 56.1 Å². The summed E-state index contributed by atoms with van der Waals surface area (Å²) in [4.78, 5) is 30.5. The summed E-state index contributed by atoms with van der Waals surface area (Å²) < 4.78 is 28.2. The number of allylic oxidation sites excluding steroid dienone is 1. The predicted octanol–water partition coefficient (Wildman–Crippen LogP) is -2.54. The molecule has 3 aliphatic heterocycles. The van der Waals surface area contributed by atoms with Crippen LogP contribution in [0.1, 0.15) is 0 Å². The maximum atomic E-state index is 12.8. The number of guanidine groups is 1. The molecule has 256 valence electrons. The van der Waals surface area contributed by atoms with Crippen LogP contribution < -0.4 is 16.4 Å². The second-order valence-corrected chi connectivity index (χ2v) is 10.4. The Labute approximate surface area is 265 Å². The molecule has 1 saturated heterocycles. The molecule has 0 aromatic rings. The number of nitrogens with two attached hydrogens (primary N) is 1. The number of aliphatic carboxylic acids is 1.